The Kier molecular flexibility index (Phi) is 5.85. The van der Waals surface area contributed by atoms with Gasteiger partial charge in [-0.15, -0.1) is 0 Å². The van der Waals surface area contributed by atoms with Crippen molar-refractivity contribution < 1.29 is 22.5 Å². The average molecular weight is 500 g/mol. The fourth-order valence-corrected chi connectivity index (χ4v) is 6.00. The summed E-state index contributed by atoms with van der Waals surface area (Å²) in [6, 6.07) is 10.7. The van der Waals surface area contributed by atoms with Crippen molar-refractivity contribution in [3.05, 3.63) is 81.4 Å². The number of non-ortho nitro benzene ring substituents is 1. The second-order valence-electron chi connectivity index (χ2n) is 8.46. The number of halogens is 1. The molecule has 0 spiro atoms. The molecule has 2 aromatic carbocycles. The van der Waals surface area contributed by atoms with Gasteiger partial charge in [0.05, 0.1) is 15.5 Å². The molecule has 2 heterocycles. The Morgan fingerprint density at radius 1 is 0.971 bits per heavy atom. The van der Waals surface area contributed by atoms with Crippen molar-refractivity contribution in [1.82, 2.24) is 19.0 Å². The minimum absolute atomic E-state index is 0.0289. The lowest BCUT2D eigenvalue weighted by molar-refractivity contribution is -0.384. The Morgan fingerprint density at radius 2 is 1.63 bits per heavy atom. The number of amides is 1. The molecule has 1 amide bonds. The summed E-state index contributed by atoms with van der Waals surface area (Å²) in [6.07, 6.45) is 2.40. The molecular weight excluding hydrogens is 477 g/mol. The summed E-state index contributed by atoms with van der Waals surface area (Å²) in [4.78, 5) is 25.2. The second-order valence-corrected chi connectivity index (χ2v) is 10.4. The lowest BCUT2D eigenvalue weighted by atomic mass is 10.1. The molecule has 1 aliphatic carbocycles. The first-order chi connectivity index (χ1) is 16.8. The van der Waals surface area contributed by atoms with Crippen molar-refractivity contribution in [2.75, 3.05) is 26.2 Å². The number of nitro groups is 1. The minimum Gasteiger partial charge on any atom is -0.335 e. The number of nitro benzene ring substituents is 1. The van der Waals surface area contributed by atoms with Crippen LogP contribution in [-0.2, 0) is 22.9 Å². The van der Waals surface area contributed by atoms with Gasteiger partial charge in [0, 0.05) is 49.6 Å². The van der Waals surface area contributed by atoms with Crippen LogP contribution in [0.3, 0.4) is 0 Å². The normalized spacial score (nSPS) is 16.3. The van der Waals surface area contributed by atoms with Crippen molar-refractivity contribution >= 4 is 21.6 Å². The smallest absolute Gasteiger partial charge is 0.274 e. The standard InChI is InChI=1S/C23H22FN5O5S/c24-16-4-6-17(7-5-16)28-21-3-1-2-20(21)22(25-28)23(30)26-12-14-27(15-13-26)35(33,34)19-10-8-18(9-11-19)29(31)32/h4-11H,1-3,12-15H2. The Hall–Kier alpha value is -3.64. The quantitative estimate of drug-likeness (QED) is 0.393. The maximum atomic E-state index is 13.4. The Balaban J connectivity index is 1.32. The molecule has 1 aliphatic heterocycles. The minimum atomic E-state index is -3.84. The average Bonchev–Trinajstić information content (AvgIpc) is 3.47. The third-order valence-electron chi connectivity index (χ3n) is 6.42. The molecular formula is C23H22FN5O5S. The first-order valence-electron chi connectivity index (χ1n) is 11.2. The summed E-state index contributed by atoms with van der Waals surface area (Å²) in [5.74, 6) is -0.605. The van der Waals surface area contributed by atoms with Crippen LogP contribution in [0.25, 0.3) is 5.69 Å². The number of aromatic nitrogens is 2. The van der Waals surface area contributed by atoms with Crippen LogP contribution >= 0.6 is 0 Å². The summed E-state index contributed by atoms with van der Waals surface area (Å²) in [5.41, 5.74) is 2.68. The van der Waals surface area contributed by atoms with E-state index in [2.05, 4.69) is 5.10 Å². The number of nitrogens with zero attached hydrogens (tertiary/aromatic N) is 5. The van der Waals surface area contributed by atoms with Crippen LogP contribution in [0.15, 0.2) is 53.4 Å². The number of piperazine rings is 1. The zero-order valence-corrected chi connectivity index (χ0v) is 19.4. The summed E-state index contributed by atoms with van der Waals surface area (Å²) in [6.45, 7) is 0.601. The van der Waals surface area contributed by atoms with E-state index in [0.29, 0.717) is 11.4 Å². The number of hydrogen-bond acceptors (Lipinski definition) is 6. The van der Waals surface area contributed by atoms with E-state index in [0.717, 1.165) is 42.7 Å². The highest BCUT2D eigenvalue weighted by Crippen LogP contribution is 2.29. The molecule has 0 radical (unpaired) electrons. The molecule has 3 aromatic rings. The van der Waals surface area contributed by atoms with Crippen LogP contribution in [-0.4, -0.2) is 64.4 Å². The zero-order chi connectivity index (χ0) is 24.7. The van der Waals surface area contributed by atoms with E-state index < -0.39 is 14.9 Å². The molecule has 1 fully saturated rings. The zero-order valence-electron chi connectivity index (χ0n) is 18.6. The summed E-state index contributed by atoms with van der Waals surface area (Å²) in [5, 5.41) is 15.4. The van der Waals surface area contributed by atoms with E-state index in [1.807, 2.05) is 0 Å². The predicted octanol–water partition coefficient (Wildman–Crippen LogP) is 2.56. The van der Waals surface area contributed by atoms with Crippen molar-refractivity contribution in [2.24, 2.45) is 0 Å². The van der Waals surface area contributed by atoms with E-state index >= 15 is 0 Å². The molecule has 0 N–H and O–H groups in total. The van der Waals surface area contributed by atoms with Gasteiger partial charge >= 0.3 is 0 Å². The summed E-state index contributed by atoms with van der Waals surface area (Å²) < 4.78 is 42.3. The molecule has 5 rings (SSSR count). The number of rotatable bonds is 5. The molecule has 0 saturated carbocycles. The summed E-state index contributed by atoms with van der Waals surface area (Å²) >= 11 is 0. The molecule has 1 aromatic heterocycles. The second kappa shape index (κ2) is 8.86. The van der Waals surface area contributed by atoms with Crippen LogP contribution in [0.5, 0.6) is 0 Å². The highest BCUT2D eigenvalue weighted by molar-refractivity contribution is 7.89. The number of hydrogen-bond donors (Lipinski definition) is 0. The van der Waals surface area contributed by atoms with E-state index in [4.69, 9.17) is 0 Å². The van der Waals surface area contributed by atoms with Crippen LogP contribution in [0.2, 0.25) is 0 Å². The van der Waals surface area contributed by atoms with E-state index in [1.54, 1.807) is 21.7 Å². The number of carbonyl (C=O) groups is 1. The predicted molar refractivity (Wildman–Crippen MR) is 123 cm³/mol. The van der Waals surface area contributed by atoms with Gasteiger partial charge in [0.15, 0.2) is 5.69 Å². The lowest BCUT2D eigenvalue weighted by Crippen LogP contribution is -2.50. The molecule has 12 heteroatoms. The topological polar surface area (TPSA) is 119 Å². The highest BCUT2D eigenvalue weighted by atomic mass is 32.2. The van der Waals surface area contributed by atoms with Crippen LogP contribution in [0.1, 0.15) is 28.2 Å². The van der Waals surface area contributed by atoms with Gasteiger partial charge in [-0.2, -0.15) is 9.40 Å². The van der Waals surface area contributed by atoms with Gasteiger partial charge in [-0.25, -0.2) is 17.5 Å². The van der Waals surface area contributed by atoms with E-state index in [-0.39, 0.29) is 48.5 Å². The van der Waals surface area contributed by atoms with Crippen molar-refractivity contribution in [1.29, 1.82) is 0 Å². The van der Waals surface area contributed by atoms with Gasteiger partial charge in [0.25, 0.3) is 11.6 Å². The van der Waals surface area contributed by atoms with Crippen molar-refractivity contribution in [2.45, 2.75) is 24.2 Å². The fraction of sp³-hybridized carbons (Fsp3) is 0.304. The molecule has 10 nitrogen and oxygen atoms in total. The molecule has 35 heavy (non-hydrogen) atoms. The van der Waals surface area contributed by atoms with Gasteiger partial charge in [0.2, 0.25) is 10.0 Å². The number of carbonyl (C=O) groups excluding carboxylic acids is 1. The first kappa shape index (κ1) is 23.1. The molecule has 182 valence electrons. The Morgan fingerprint density at radius 3 is 2.26 bits per heavy atom. The molecule has 0 atom stereocenters. The number of fused-ring (bicyclic) bond motifs is 1. The summed E-state index contributed by atoms with van der Waals surface area (Å²) in [7, 11) is -3.84. The maximum Gasteiger partial charge on any atom is 0.274 e. The lowest BCUT2D eigenvalue weighted by Gasteiger charge is -2.33. The monoisotopic (exact) mass is 499 g/mol. The number of benzene rings is 2. The SMILES string of the molecule is O=C(c1nn(-c2ccc(F)cc2)c2c1CCC2)N1CCN(S(=O)(=O)c2ccc([N+](=O)[O-])cc2)CC1. The van der Waals surface area contributed by atoms with E-state index in [9.17, 15) is 27.7 Å². The van der Waals surface area contributed by atoms with Crippen LogP contribution in [0, 0.1) is 15.9 Å². The molecule has 1 saturated heterocycles. The van der Waals surface area contributed by atoms with Gasteiger partial charge < -0.3 is 4.90 Å². The first-order valence-corrected chi connectivity index (χ1v) is 12.6. The maximum absolute atomic E-state index is 13.4. The van der Waals surface area contributed by atoms with E-state index in [1.165, 1.54) is 28.6 Å². The number of sulfonamides is 1. The highest BCUT2D eigenvalue weighted by Gasteiger charge is 2.34. The third kappa shape index (κ3) is 4.19. The molecule has 0 bridgehead atoms. The van der Waals surface area contributed by atoms with Gasteiger partial charge in [-0.3, -0.25) is 14.9 Å². The van der Waals surface area contributed by atoms with Gasteiger partial charge in [0.1, 0.15) is 5.82 Å². The Bertz CT molecular complexity index is 1400. The van der Waals surface area contributed by atoms with Crippen LogP contribution < -0.4 is 0 Å². The van der Waals surface area contributed by atoms with Gasteiger partial charge in [-0.05, 0) is 55.7 Å². The molecule has 2 aliphatic rings. The molecule has 0 unspecified atom stereocenters. The fourth-order valence-electron chi connectivity index (χ4n) is 4.58. The Labute approximate surface area is 200 Å². The third-order valence-corrected chi connectivity index (χ3v) is 8.33. The van der Waals surface area contributed by atoms with Crippen molar-refractivity contribution in [3.8, 4) is 5.69 Å². The van der Waals surface area contributed by atoms with Gasteiger partial charge in [-0.1, -0.05) is 0 Å². The van der Waals surface area contributed by atoms with Crippen molar-refractivity contribution in [3.63, 3.8) is 0 Å². The largest absolute Gasteiger partial charge is 0.335 e. The van der Waals surface area contributed by atoms with Crippen LogP contribution in [0.4, 0.5) is 10.1 Å².